The van der Waals surface area contributed by atoms with Gasteiger partial charge >= 0.3 is 0 Å². The quantitative estimate of drug-likeness (QED) is 0.722. The summed E-state index contributed by atoms with van der Waals surface area (Å²) >= 11 is 0. The molecule has 3 aromatic carbocycles. The first-order chi connectivity index (χ1) is 12.5. The van der Waals surface area contributed by atoms with Crippen LogP contribution in [-0.4, -0.2) is 11.8 Å². The summed E-state index contributed by atoms with van der Waals surface area (Å²) in [5.74, 6) is -0.945. The molecule has 0 atom stereocenters. The zero-order chi connectivity index (χ0) is 18.5. The molecule has 0 aromatic heterocycles. The first kappa shape index (κ1) is 17.4. The monoisotopic (exact) mass is 348 g/mol. The molecule has 130 valence electrons. The maximum absolute atomic E-state index is 12.9. The first-order valence-corrected chi connectivity index (χ1v) is 8.07. The Morgan fingerprint density at radius 1 is 0.731 bits per heavy atom. The second kappa shape index (κ2) is 7.61. The van der Waals surface area contributed by atoms with Gasteiger partial charge in [0.05, 0.1) is 0 Å². The van der Waals surface area contributed by atoms with E-state index in [9.17, 15) is 14.0 Å². The fourth-order valence-corrected chi connectivity index (χ4v) is 2.42. The van der Waals surface area contributed by atoms with E-state index < -0.39 is 0 Å². The number of nitrogens with one attached hydrogen (secondary N) is 2. The topological polar surface area (TPSA) is 58.2 Å². The van der Waals surface area contributed by atoms with Crippen molar-refractivity contribution in [3.8, 4) is 0 Å². The van der Waals surface area contributed by atoms with Gasteiger partial charge in [0.1, 0.15) is 5.82 Å². The van der Waals surface area contributed by atoms with Gasteiger partial charge in [0.2, 0.25) is 0 Å². The van der Waals surface area contributed by atoms with E-state index in [0.29, 0.717) is 16.8 Å². The Balaban J connectivity index is 1.67. The van der Waals surface area contributed by atoms with Crippen LogP contribution in [0.25, 0.3) is 0 Å². The number of hydrogen-bond acceptors (Lipinski definition) is 2. The van der Waals surface area contributed by atoms with Crippen molar-refractivity contribution in [3.05, 3.63) is 95.3 Å². The summed E-state index contributed by atoms with van der Waals surface area (Å²) in [5, 5.41) is 5.52. The Kier molecular flexibility index (Phi) is 5.08. The standard InChI is InChI=1S/C21H17FN2O2/c1-14-4-2-3-5-19(14)24-21(26)16-8-6-15(7-9-16)20(25)23-18-12-10-17(22)11-13-18/h2-13H,1H3,(H,23,25)(H,24,26). The summed E-state index contributed by atoms with van der Waals surface area (Å²) in [4.78, 5) is 24.5. The molecule has 2 amide bonds. The molecular weight excluding hydrogens is 331 g/mol. The predicted octanol–water partition coefficient (Wildman–Crippen LogP) is 4.64. The number of anilines is 2. The average molecular weight is 348 g/mol. The third-order valence-electron chi connectivity index (χ3n) is 3.90. The van der Waals surface area contributed by atoms with E-state index in [1.54, 1.807) is 24.3 Å². The molecule has 26 heavy (non-hydrogen) atoms. The lowest BCUT2D eigenvalue weighted by Crippen LogP contribution is -2.14. The van der Waals surface area contributed by atoms with Crippen LogP contribution in [0.3, 0.4) is 0 Å². The van der Waals surface area contributed by atoms with Crippen LogP contribution in [0, 0.1) is 12.7 Å². The van der Waals surface area contributed by atoms with E-state index in [4.69, 9.17) is 0 Å². The molecule has 0 bridgehead atoms. The second-order valence-corrected chi connectivity index (χ2v) is 5.81. The van der Waals surface area contributed by atoms with Crippen LogP contribution in [0.2, 0.25) is 0 Å². The third kappa shape index (κ3) is 4.13. The van der Waals surface area contributed by atoms with Gasteiger partial charge in [0.15, 0.2) is 0 Å². The Hall–Kier alpha value is -3.47. The highest BCUT2D eigenvalue weighted by atomic mass is 19.1. The summed E-state index contributed by atoms with van der Waals surface area (Å²) in [5.41, 5.74) is 3.07. The molecule has 0 unspecified atom stereocenters. The lowest BCUT2D eigenvalue weighted by Gasteiger charge is -2.09. The number of aryl methyl sites for hydroxylation is 1. The molecule has 0 spiro atoms. The number of benzene rings is 3. The Morgan fingerprint density at radius 2 is 1.27 bits per heavy atom. The highest BCUT2D eigenvalue weighted by Crippen LogP contribution is 2.16. The average Bonchev–Trinajstić information content (AvgIpc) is 2.65. The minimum Gasteiger partial charge on any atom is -0.322 e. The summed E-state index contributed by atoms with van der Waals surface area (Å²) in [6, 6.07) is 19.3. The van der Waals surface area contributed by atoms with E-state index in [1.807, 2.05) is 31.2 Å². The van der Waals surface area contributed by atoms with Crippen LogP contribution >= 0.6 is 0 Å². The van der Waals surface area contributed by atoms with Crippen molar-refractivity contribution in [1.82, 2.24) is 0 Å². The Bertz CT molecular complexity index is 935. The molecule has 0 saturated heterocycles. The van der Waals surface area contributed by atoms with Crippen molar-refractivity contribution in [3.63, 3.8) is 0 Å². The summed E-state index contributed by atoms with van der Waals surface area (Å²) < 4.78 is 12.9. The normalized spacial score (nSPS) is 10.2. The zero-order valence-corrected chi connectivity index (χ0v) is 14.1. The van der Waals surface area contributed by atoms with Gasteiger partial charge < -0.3 is 10.6 Å². The van der Waals surface area contributed by atoms with Gasteiger partial charge in [-0.25, -0.2) is 4.39 Å². The Labute approximate surface area is 150 Å². The minimum atomic E-state index is -0.369. The molecule has 0 aliphatic carbocycles. The molecular formula is C21H17FN2O2. The first-order valence-electron chi connectivity index (χ1n) is 8.07. The molecule has 3 aromatic rings. The molecule has 3 rings (SSSR count). The maximum atomic E-state index is 12.9. The van der Waals surface area contributed by atoms with Crippen LogP contribution in [-0.2, 0) is 0 Å². The van der Waals surface area contributed by atoms with E-state index in [0.717, 1.165) is 11.3 Å². The maximum Gasteiger partial charge on any atom is 0.255 e. The van der Waals surface area contributed by atoms with Crippen LogP contribution < -0.4 is 10.6 Å². The number of halogens is 1. The number of carbonyl (C=O) groups excluding carboxylic acids is 2. The van der Waals surface area contributed by atoms with Crippen molar-refractivity contribution in [2.24, 2.45) is 0 Å². The van der Waals surface area contributed by atoms with Crippen LogP contribution in [0.4, 0.5) is 15.8 Å². The lowest BCUT2D eigenvalue weighted by molar-refractivity contribution is 0.101. The van der Waals surface area contributed by atoms with Crippen molar-refractivity contribution < 1.29 is 14.0 Å². The van der Waals surface area contributed by atoms with Crippen LogP contribution in [0.5, 0.6) is 0 Å². The fourth-order valence-electron chi connectivity index (χ4n) is 2.42. The van der Waals surface area contributed by atoms with Crippen LogP contribution in [0.1, 0.15) is 26.3 Å². The minimum absolute atomic E-state index is 0.246. The molecule has 0 heterocycles. The van der Waals surface area contributed by atoms with Crippen molar-refractivity contribution in [1.29, 1.82) is 0 Å². The molecule has 5 heteroatoms. The fraction of sp³-hybridized carbons (Fsp3) is 0.0476. The van der Waals surface area contributed by atoms with Crippen molar-refractivity contribution >= 4 is 23.2 Å². The SMILES string of the molecule is Cc1ccccc1NC(=O)c1ccc(C(=O)Nc2ccc(F)cc2)cc1. The number of hydrogen-bond donors (Lipinski definition) is 2. The van der Waals surface area contributed by atoms with E-state index >= 15 is 0 Å². The van der Waals surface area contributed by atoms with Gasteiger partial charge in [-0.3, -0.25) is 9.59 Å². The highest BCUT2D eigenvalue weighted by Gasteiger charge is 2.10. The molecule has 0 saturated carbocycles. The molecule has 4 nitrogen and oxygen atoms in total. The third-order valence-corrected chi connectivity index (χ3v) is 3.90. The van der Waals surface area contributed by atoms with E-state index in [-0.39, 0.29) is 17.6 Å². The number of para-hydroxylation sites is 1. The summed E-state index contributed by atoms with van der Waals surface area (Å²) in [6.07, 6.45) is 0. The summed E-state index contributed by atoms with van der Waals surface area (Å²) in [7, 11) is 0. The Morgan fingerprint density at radius 3 is 1.85 bits per heavy atom. The zero-order valence-electron chi connectivity index (χ0n) is 14.1. The highest BCUT2D eigenvalue weighted by molar-refractivity contribution is 6.07. The van der Waals surface area contributed by atoms with Gasteiger partial charge in [-0.2, -0.15) is 0 Å². The number of carbonyl (C=O) groups is 2. The smallest absolute Gasteiger partial charge is 0.255 e. The van der Waals surface area contributed by atoms with Gasteiger partial charge in [0.25, 0.3) is 11.8 Å². The van der Waals surface area contributed by atoms with E-state index in [2.05, 4.69) is 10.6 Å². The van der Waals surface area contributed by atoms with Crippen molar-refractivity contribution in [2.45, 2.75) is 6.92 Å². The number of rotatable bonds is 4. The second-order valence-electron chi connectivity index (χ2n) is 5.81. The number of amides is 2. The predicted molar refractivity (Wildman–Crippen MR) is 99.9 cm³/mol. The van der Waals surface area contributed by atoms with Gasteiger partial charge in [0, 0.05) is 22.5 Å². The molecule has 0 aliphatic heterocycles. The molecule has 0 radical (unpaired) electrons. The van der Waals surface area contributed by atoms with Gasteiger partial charge in [-0.05, 0) is 67.1 Å². The van der Waals surface area contributed by atoms with E-state index in [1.165, 1.54) is 24.3 Å². The summed E-state index contributed by atoms with van der Waals surface area (Å²) in [6.45, 7) is 1.92. The molecule has 2 N–H and O–H groups in total. The molecule has 0 aliphatic rings. The molecule has 0 fully saturated rings. The van der Waals surface area contributed by atoms with Crippen LogP contribution in [0.15, 0.2) is 72.8 Å². The van der Waals surface area contributed by atoms with Gasteiger partial charge in [-0.15, -0.1) is 0 Å². The largest absolute Gasteiger partial charge is 0.322 e. The van der Waals surface area contributed by atoms with Crippen molar-refractivity contribution in [2.75, 3.05) is 10.6 Å². The lowest BCUT2D eigenvalue weighted by atomic mass is 10.1. The van der Waals surface area contributed by atoms with Gasteiger partial charge in [-0.1, -0.05) is 18.2 Å².